The van der Waals surface area contributed by atoms with E-state index in [2.05, 4.69) is 29.6 Å². The fraction of sp³-hybridized carbons (Fsp3) is 0.250. The zero-order valence-corrected chi connectivity index (χ0v) is 16.0. The van der Waals surface area contributed by atoms with Gasteiger partial charge in [-0.3, -0.25) is 4.79 Å². The standard InChI is InChI=1S/C20H21NO2S2/c1-14(2)21-19(22)13-25(23)12-18-20(15-8-4-3-5-9-15)16-10-6-7-11-17(16)24-18/h3-11,14H,12-13H2,1-2H3,(H,21,22). The fourth-order valence-corrected chi connectivity index (χ4v) is 5.39. The number of thiophene rings is 1. The van der Waals surface area contributed by atoms with E-state index >= 15 is 0 Å². The number of benzene rings is 2. The van der Waals surface area contributed by atoms with Crippen LogP contribution in [0.5, 0.6) is 0 Å². The Kier molecular flexibility index (Phi) is 5.78. The number of fused-ring (bicyclic) bond motifs is 1. The lowest BCUT2D eigenvalue weighted by molar-refractivity contribution is -0.119. The van der Waals surface area contributed by atoms with Crippen molar-refractivity contribution in [3.63, 3.8) is 0 Å². The molecule has 1 N–H and O–H groups in total. The van der Waals surface area contributed by atoms with E-state index in [4.69, 9.17) is 0 Å². The molecule has 1 heterocycles. The molecule has 0 fully saturated rings. The van der Waals surface area contributed by atoms with Crippen molar-refractivity contribution in [2.45, 2.75) is 25.6 Å². The summed E-state index contributed by atoms with van der Waals surface area (Å²) in [6.07, 6.45) is 0. The zero-order valence-electron chi connectivity index (χ0n) is 14.3. The lowest BCUT2D eigenvalue weighted by Crippen LogP contribution is -2.35. The smallest absolute Gasteiger partial charge is 0.270 e. The van der Waals surface area contributed by atoms with Crippen molar-refractivity contribution in [1.29, 1.82) is 0 Å². The molecule has 0 bridgehead atoms. The molecule has 1 atom stereocenters. The van der Waals surface area contributed by atoms with Crippen LogP contribution in [0.1, 0.15) is 18.7 Å². The number of nitrogens with one attached hydrogen (secondary N) is 1. The normalized spacial score (nSPS) is 12.5. The van der Waals surface area contributed by atoms with Crippen molar-refractivity contribution in [2.24, 2.45) is 0 Å². The molecule has 5 heteroatoms. The van der Waals surface area contributed by atoms with E-state index in [1.165, 1.54) is 10.1 Å². The number of rotatable bonds is 6. The van der Waals surface area contributed by atoms with Crippen LogP contribution < -0.4 is 5.32 Å². The van der Waals surface area contributed by atoms with Crippen LogP contribution in [0.15, 0.2) is 54.6 Å². The van der Waals surface area contributed by atoms with Gasteiger partial charge in [-0.25, -0.2) is 0 Å². The van der Waals surface area contributed by atoms with Crippen molar-refractivity contribution in [3.8, 4) is 11.1 Å². The Balaban J connectivity index is 1.90. The van der Waals surface area contributed by atoms with Gasteiger partial charge in [0.1, 0.15) is 5.75 Å². The van der Waals surface area contributed by atoms with Gasteiger partial charge in [0.15, 0.2) is 5.75 Å². The summed E-state index contributed by atoms with van der Waals surface area (Å²) in [4.78, 5) is 13.0. The first-order chi connectivity index (χ1) is 12.0. The van der Waals surface area contributed by atoms with Crippen LogP contribution in [0.25, 0.3) is 21.2 Å². The van der Waals surface area contributed by atoms with Crippen LogP contribution in [0.2, 0.25) is 0 Å². The molecule has 1 amide bonds. The molecule has 0 aliphatic heterocycles. The summed E-state index contributed by atoms with van der Waals surface area (Å²) < 4.78 is 13.7. The molecule has 0 aliphatic rings. The minimum Gasteiger partial charge on any atom is -0.616 e. The van der Waals surface area contributed by atoms with Crippen LogP contribution in [-0.4, -0.2) is 22.3 Å². The highest BCUT2D eigenvalue weighted by Gasteiger charge is 2.20. The fourth-order valence-electron chi connectivity index (χ4n) is 2.83. The Morgan fingerprint density at radius 1 is 1.12 bits per heavy atom. The van der Waals surface area contributed by atoms with Gasteiger partial charge in [0.25, 0.3) is 5.91 Å². The predicted octanol–water partition coefficient (Wildman–Crippen LogP) is 4.34. The summed E-state index contributed by atoms with van der Waals surface area (Å²) >= 11 is 0.433. The van der Waals surface area contributed by atoms with Crippen LogP contribution in [0.3, 0.4) is 0 Å². The van der Waals surface area contributed by atoms with E-state index < -0.39 is 11.2 Å². The average molecular weight is 372 g/mol. The van der Waals surface area contributed by atoms with Gasteiger partial charge in [0.2, 0.25) is 0 Å². The number of carbonyl (C=O) groups excluding carboxylic acids is 1. The second kappa shape index (κ2) is 8.04. The van der Waals surface area contributed by atoms with Gasteiger partial charge < -0.3 is 9.87 Å². The summed E-state index contributed by atoms with van der Waals surface area (Å²) in [5.41, 5.74) is 2.26. The summed E-state index contributed by atoms with van der Waals surface area (Å²) in [6.45, 7) is 3.81. The lowest BCUT2D eigenvalue weighted by Gasteiger charge is -2.13. The van der Waals surface area contributed by atoms with Gasteiger partial charge in [-0.05, 0) is 36.7 Å². The molecular weight excluding hydrogens is 350 g/mol. The molecule has 3 aromatic rings. The Labute approximate surface area is 155 Å². The van der Waals surface area contributed by atoms with E-state index in [1.807, 2.05) is 44.2 Å². The highest BCUT2D eigenvalue weighted by Crippen LogP contribution is 2.39. The maximum absolute atomic E-state index is 12.5. The first-order valence-corrected chi connectivity index (χ1v) is 10.5. The molecule has 0 spiro atoms. The van der Waals surface area contributed by atoms with E-state index in [9.17, 15) is 9.35 Å². The first-order valence-electron chi connectivity index (χ1n) is 8.24. The third kappa shape index (κ3) is 4.42. The number of hydrogen-bond acceptors (Lipinski definition) is 3. The highest BCUT2D eigenvalue weighted by atomic mass is 32.2. The number of amides is 1. The molecule has 0 saturated carbocycles. The summed E-state index contributed by atoms with van der Waals surface area (Å²) in [5.74, 6) is 0.283. The van der Waals surface area contributed by atoms with Gasteiger partial charge in [0, 0.05) is 21.7 Å². The molecule has 25 heavy (non-hydrogen) atoms. The van der Waals surface area contributed by atoms with Crippen LogP contribution in [0.4, 0.5) is 0 Å². The van der Waals surface area contributed by atoms with E-state index in [0.717, 1.165) is 16.0 Å². The second-order valence-corrected chi connectivity index (χ2v) is 8.81. The molecule has 0 aliphatic carbocycles. The monoisotopic (exact) mass is 371 g/mol. The summed E-state index contributed by atoms with van der Waals surface area (Å²) in [6, 6.07) is 18.5. The molecule has 3 nitrogen and oxygen atoms in total. The average Bonchev–Trinajstić information content (AvgIpc) is 2.92. The van der Waals surface area contributed by atoms with E-state index in [1.54, 1.807) is 11.3 Å². The maximum Gasteiger partial charge on any atom is 0.270 e. The third-order valence-electron chi connectivity index (χ3n) is 3.76. The Hall–Kier alpha value is -1.82. The third-order valence-corrected chi connectivity index (χ3v) is 6.31. The lowest BCUT2D eigenvalue weighted by atomic mass is 10.0. The molecule has 0 saturated heterocycles. The summed E-state index contributed by atoms with van der Waals surface area (Å²) in [7, 11) is 0. The van der Waals surface area contributed by atoms with Crippen LogP contribution >= 0.6 is 11.3 Å². The van der Waals surface area contributed by atoms with Gasteiger partial charge in [0.05, 0.1) is 4.88 Å². The predicted molar refractivity (Wildman–Crippen MR) is 107 cm³/mol. The van der Waals surface area contributed by atoms with Gasteiger partial charge >= 0.3 is 0 Å². The Morgan fingerprint density at radius 3 is 2.52 bits per heavy atom. The topological polar surface area (TPSA) is 52.2 Å². The largest absolute Gasteiger partial charge is 0.616 e. The highest BCUT2D eigenvalue weighted by molar-refractivity contribution is 7.91. The zero-order chi connectivity index (χ0) is 17.8. The molecule has 1 unspecified atom stereocenters. The number of carbonyl (C=O) groups is 1. The van der Waals surface area contributed by atoms with Crippen molar-refractivity contribution < 1.29 is 9.35 Å². The van der Waals surface area contributed by atoms with Crippen molar-refractivity contribution in [3.05, 3.63) is 59.5 Å². The van der Waals surface area contributed by atoms with E-state index in [-0.39, 0.29) is 17.7 Å². The van der Waals surface area contributed by atoms with E-state index in [0.29, 0.717) is 5.75 Å². The summed E-state index contributed by atoms with van der Waals surface area (Å²) in [5, 5.41) is 3.98. The van der Waals surface area contributed by atoms with Gasteiger partial charge in [-0.1, -0.05) is 48.5 Å². The molecule has 0 radical (unpaired) electrons. The Bertz CT molecular complexity index is 859. The SMILES string of the molecule is CC(C)NC(=O)C[S+]([O-])Cc1sc2ccccc2c1-c1ccccc1. The molecule has 1 aromatic heterocycles. The minimum absolute atomic E-state index is 0.0423. The molecule has 2 aromatic carbocycles. The second-order valence-electron chi connectivity index (χ2n) is 6.21. The quantitative estimate of drug-likeness (QED) is 0.655. The first kappa shape index (κ1) is 18.0. The molecule has 3 rings (SSSR count). The van der Waals surface area contributed by atoms with Crippen molar-refractivity contribution in [1.82, 2.24) is 5.32 Å². The van der Waals surface area contributed by atoms with Gasteiger partial charge in [-0.2, -0.15) is 0 Å². The number of hydrogen-bond donors (Lipinski definition) is 1. The van der Waals surface area contributed by atoms with Gasteiger partial charge in [-0.15, -0.1) is 11.3 Å². The van der Waals surface area contributed by atoms with Crippen LogP contribution in [0, 0.1) is 0 Å². The maximum atomic E-state index is 12.5. The Morgan fingerprint density at radius 2 is 1.80 bits per heavy atom. The van der Waals surface area contributed by atoms with Crippen molar-refractivity contribution in [2.75, 3.05) is 5.75 Å². The molecule has 130 valence electrons. The minimum atomic E-state index is -1.23. The van der Waals surface area contributed by atoms with Crippen LogP contribution in [-0.2, 0) is 21.7 Å². The molecular formula is C20H21NO2S2. The van der Waals surface area contributed by atoms with Crippen molar-refractivity contribution >= 4 is 38.5 Å².